The van der Waals surface area contributed by atoms with Crippen molar-refractivity contribution in [2.75, 3.05) is 46.3 Å². The largest absolute Gasteiger partial charge is 0.408 e. The molecular weight excluding hydrogens is 333 g/mol. The molecule has 2 N–H and O–H groups in total. The lowest BCUT2D eigenvalue weighted by Crippen LogP contribution is -2.47. The third-order valence-corrected chi connectivity index (χ3v) is 4.67. The van der Waals surface area contributed by atoms with Crippen molar-refractivity contribution in [2.45, 2.75) is 44.9 Å². The van der Waals surface area contributed by atoms with Gasteiger partial charge in [-0.05, 0) is 46.8 Å². The molecule has 2 rings (SSSR count). The van der Waals surface area contributed by atoms with Crippen molar-refractivity contribution in [1.82, 2.24) is 20.4 Å². The number of rotatable bonds is 2. The van der Waals surface area contributed by atoms with Crippen LogP contribution in [-0.2, 0) is 0 Å². The summed E-state index contributed by atoms with van der Waals surface area (Å²) in [4.78, 5) is 13.2. The fraction of sp³-hybridized carbons (Fsp3) is 0.875. The summed E-state index contributed by atoms with van der Waals surface area (Å²) in [5, 5.41) is 5.72. The summed E-state index contributed by atoms with van der Waals surface area (Å²) in [7, 11) is 2.04. The number of alkyl halides is 3. The highest BCUT2D eigenvalue weighted by Crippen LogP contribution is 2.20. The molecule has 0 radical (unpaired) electrons. The maximum Gasteiger partial charge on any atom is 0.408 e. The Kier molecular flexibility index (Phi) is 7.06. The van der Waals surface area contributed by atoms with Crippen LogP contribution in [0, 0.1) is 0 Å². The summed E-state index contributed by atoms with van der Waals surface area (Å²) in [5.74, 6) is 0.797. The van der Waals surface area contributed by atoms with Crippen LogP contribution in [0.3, 0.4) is 0 Å². The molecule has 6 nitrogen and oxygen atoms in total. The second-order valence-electron chi connectivity index (χ2n) is 6.79. The Labute approximate surface area is 147 Å². The van der Waals surface area contributed by atoms with Crippen LogP contribution in [-0.4, -0.2) is 86.2 Å². The van der Waals surface area contributed by atoms with E-state index in [4.69, 9.17) is 0 Å². The van der Waals surface area contributed by atoms with Crippen molar-refractivity contribution < 1.29 is 13.2 Å². The zero-order chi connectivity index (χ0) is 18.4. The zero-order valence-corrected chi connectivity index (χ0v) is 15.2. The Bertz CT molecular complexity index is 477. The lowest BCUT2D eigenvalue weighted by molar-refractivity contribution is -0.147. The van der Waals surface area contributed by atoms with Crippen LogP contribution >= 0.6 is 0 Å². The van der Waals surface area contributed by atoms with Crippen molar-refractivity contribution >= 4 is 11.8 Å². The van der Waals surface area contributed by atoms with E-state index in [-0.39, 0.29) is 12.0 Å². The van der Waals surface area contributed by atoms with E-state index in [9.17, 15) is 13.2 Å². The monoisotopic (exact) mass is 362 g/mol. The fourth-order valence-electron chi connectivity index (χ4n) is 2.88. The third kappa shape index (κ3) is 6.47. The SMILES string of the molecule is CC(=NC(=NC1CCN(C)CC1)NC(C)C(F)(F)F)N1CCNCC1. The number of guanidine groups is 1. The molecule has 0 saturated carbocycles. The predicted octanol–water partition coefficient (Wildman–Crippen LogP) is 1.30. The van der Waals surface area contributed by atoms with Crippen LogP contribution in [0.1, 0.15) is 26.7 Å². The summed E-state index contributed by atoms with van der Waals surface area (Å²) in [6, 6.07) is -1.67. The second-order valence-corrected chi connectivity index (χ2v) is 6.79. The van der Waals surface area contributed by atoms with Crippen molar-refractivity contribution in [3.8, 4) is 0 Å². The number of nitrogens with zero attached hydrogens (tertiary/aromatic N) is 4. The first-order chi connectivity index (χ1) is 11.8. The lowest BCUT2D eigenvalue weighted by Gasteiger charge is -2.30. The normalized spacial score (nSPS) is 23.7. The number of hydrogen-bond donors (Lipinski definition) is 2. The minimum Gasteiger partial charge on any atom is -0.358 e. The van der Waals surface area contributed by atoms with Crippen molar-refractivity contribution in [2.24, 2.45) is 9.98 Å². The van der Waals surface area contributed by atoms with E-state index in [1.807, 2.05) is 14.0 Å². The van der Waals surface area contributed by atoms with Gasteiger partial charge in [0.05, 0.1) is 6.04 Å². The molecule has 0 bridgehead atoms. The maximum atomic E-state index is 12.9. The van der Waals surface area contributed by atoms with Gasteiger partial charge in [-0.3, -0.25) is 0 Å². The first-order valence-electron chi connectivity index (χ1n) is 8.86. The fourth-order valence-corrected chi connectivity index (χ4v) is 2.88. The molecule has 0 aromatic rings. The number of piperazine rings is 1. The van der Waals surface area contributed by atoms with E-state index < -0.39 is 12.2 Å². The van der Waals surface area contributed by atoms with E-state index in [0.29, 0.717) is 5.84 Å². The first-order valence-corrected chi connectivity index (χ1v) is 8.86. The molecule has 0 aromatic carbocycles. The number of nitrogens with one attached hydrogen (secondary N) is 2. The lowest BCUT2D eigenvalue weighted by atomic mass is 10.1. The smallest absolute Gasteiger partial charge is 0.358 e. The van der Waals surface area contributed by atoms with Gasteiger partial charge in [0, 0.05) is 26.2 Å². The maximum absolute atomic E-state index is 12.9. The van der Waals surface area contributed by atoms with Gasteiger partial charge in [-0.25, -0.2) is 9.98 Å². The molecule has 2 heterocycles. The molecule has 2 aliphatic rings. The van der Waals surface area contributed by atoms with E-state index >= 15 is 0 Å². The molecule has 144 valence electrons. The number of amidine groups is 1. The standard InChI is InChI=1S/C16H29F3N6/c1-12(16(17,18)19)21-15(23-14-4-8-24(3)9-5-14)22-13(2)25-10-6-20-7-11-25/h12,14,20H,4-11H2,1-3H3,(H,21,23). The summed E-state index contributed by atoms with van der Waals surface area (Å²) < 4.78 is 38.8. The first kappa shape index (κ1) is 20.0. The van der Waals surface area contributed by atoms with Gasteiger partial charge < -0.3 is 20.4 Å². The highest BCUT2D eigenvalue weighted by molar-refractivity contribution is 5.95. The zero-order valence-electron chi connectivity index (χ0n) is 15.2. The van der Waals surface area contributed by atoms with Crippen molar-refractivity contribution in [3.05, 3.63) is 0 Å². The van der Waals surface area contributed by atoms with Gasteiger partial charge in [-0.15, -0.1) is 0 Å². The average molecular weight is 362 g/mol. The molecule has 2 saturated heterocycles. The summed E-state index contributed by atoms with van der Waals surface area (Å²) >= 11 is 0. The Hall–Kier alpha value is -1.35. The molecular formula is C16H29F3N6. The highest BCUT2D eigenvalue weighted by atomic mass is 19.4. The van der Waals surface area contributed by atoms with Gasteiger partial charge in [0.2, 0.25) is 5.96 Å². The Morgan fingerprint density at radius 3 is 2.32 bits per heavy atom. The Morgan fingerprint density at radius 1 is 1.16 bits per heavy atom. The van der Waals surface area contributed by atoms with E-state index in [0.717, 1.165) is 59.0 Å². The number of piperidine rings is 1. The molecule has 0 aliphatic carbocycles. The average Bonchev–Trinajstić information content (AvgIpc) is 2.56. The van der Waals surface area contributed by atoms with Crippen molar-refractivity contribution in [1.29, 1.82) is 0 Å². The number of aliphatic imine (C=N–C) groups is 2. The van der Waals surface area contributed by atoms with Gasteiger partial charge in [-0.1, -0.05) is 0 Å². The van der Waals surface area contributed by atoms with Gasteiger partial charge >= 0.3 is 6.18 Å². The van der Waals surface area contributed by atoms with Crippen LogP contribution < -0.4 is 10.6 Å². The van der Waals surface area contributed by atoms with E-state index in [1.54, 1.807) is 0 Å². The summed E-state index contributed by atoms with van der Waals surface area (Å²) in [6.07, 6.45) is -2.65. The van der Waals surface area contributed by atoms with Crippen LogP contribution in [0.15, 0.2) is 9.98 Å². The molecule has 9 heteroatoms. The summed E-state index contributed by atoms with van der Waals surface area (Å²) in [6.45, 7) is 8.02. The highest BCUT2D eigenvalue weighted by Gasteiger charge is 2.36. The molecule has 2 aliphatic heterocycles. The second kappa shape index (κ2) is 8.84. The van der Waals surface area contributed by atoms with Gasteiger partial charge in [0.1, 0.15) is 11.9 Å². The van der Waals surface area contributed by atoms with Crippen LogP contribution in [0.2, 0.25) is 0 Å². The molecule has 2 fully saturated rings. The van der Waals surface area contributed by atoms with Crippen LogP contribution in [0.5, 0.6) is 0 Å². The van der Waals surface area contributed by atoms with Crippen molar-refractivity contribution in [3.63, 3.8) is 0 Å². The molecule has 1 unspecified atom stereocenters. The van der Waals surface area contributed by atoms with Crippen LogP contribution in [0.25, 0.3) is 0 Å². The van der Waals surface area contributed by atoms with Gasteiger partial charge in [0.25, 0.3) is 0 Å². The quantitative estimate of drug-likeness (QED) is 0.574. The minimum atomic E-state index is -4.33. The van der Waals surface area contributed by atoms with Crippen LogP contribution in [0.4, 0.5) is 13.2 Å². The molecule has 0 aromatic heterocycles. The number of halogens is 3. The number of hydrogen-bond acceptors (Lipinski definition) is 3. The van der Waals surface area contributed by atoms with Gasteiger partial charge in [-0.2, -0.15) is 13.2 Å². The van der Waals surface area contributed by atoms with E-state index in [2.05, 4.69) is 30.4 Å². The topological polar surface area (TPSA) is 55.3 Å². The molecule has 25 heavy (non-hydrogen) atoms. The molecule has 1 atom stereocenters. The third-order valence-electron chi connectivity index (χ3n) is 4.67. The van der Waals surface area contributed by atoms with E-state index in [1.165, 1.54) is 0 Å². The minimum absolute atomic E-state index is 0.0127. The molecule has 0 spiro atoms. The predicted molar refractivity (Wildman–Crippen MR) is 94.2 cm³/mol. The molecule has 0 amide bonds. The Morgan fingerprint density at radius 2 is 1.76 bits per heavy atom. The summed E-state index contributed by atoms with van der Waals surface area (Å²) in [5.41, 5.74) is 0. The number of likely N-dealkylation sites (tertiary alicyclic amines) is 1. The Balaban J connectivity index is 2.12. The van der Waals surface area contributed by atoms with Gasteiger partial charge in [0.15, 0.2) is 0 Å².